The van der Waals surface area contributed by atoms with Crippen molar-refractivity contribution in [2.24, 2.45) is 0 Å². The lowest BCUT2D eigenvalue weighted by Gasteiger charge is -2.32. The van der Waals surface area contributed by atoms with Gasteiger partial charge in [-0.1, -0.05) is 12.8 Å². The standard InChI is InChI=1S/C14H25NO4S/c1-14(2,3)19-13(18)15-10-6-4-5-7-11(10)20-9-8-12(16)17/h10-11H,4-9H2,1-3H3,(H,15,18)(H,16,17). The number of hydrogen-bond donors (Lipinski definition) is 2. The number of carboxylic acid groups (broad SMARTS) is 1. The zero-order chi connectivity index (χ0) is 15.2. The van der Waals surface area contributed by atoms with Crippen molar-refractivity contribution < 1.29 is 19.4 Å². The molecule has 2 N–H and O–H groups in total. The number of rotatable bonds is 5. The maximum atomic E-state index is 11.8. The average molecular weight is 303 g/mol. The fourth-order valence-corrected chi connectivity index (χ4v) is 3.58. The van der Waals surface area contributed by atoms with Crippen LogP contribution in [0, 0.1) is 0 Å². The van der Waals surface area contributed by atoms with Gasteiger partial charge in [-0.25, -0.2) is 4.79 Å². The summed E-state index contributed by atoms with van der Waals surface area (Å²) >= 11 is 1.64. The van der Waals surface area contributed by atoms with Gasteiger partial charge in [0.15, 0.2) is 0 Å². The minimum Gasteiger partial charge on any atom is -0.481 e. The van der Waals surface area contributed by atoms with Gasteiger partial charge in [-0.3, -0.25) is 4.79 Å². The van der Waals surface area contributed by atoms with E-state index in [0.717, 1.165) is 25.7 Å². The van der Waals surface area contributed by atoms with Crippen LogP contribution in [0.3, 0.4) is 0 Å². The molecule has 2 atom stereocenters. The lowest BCUT2D eigenvalue weighted by atomic mass is 9.95. The highest BCUT2D eigenvalue weighted by Crippen LogP contribution is 2.29. The first-order valence-electron chi connectivity index (χ1n) is 7.11. The molecule has 20 heavy (non-hydrogen) atoms. The molecule has 0 saturated heterocycles. The number of hydrogen-bond acceptors (Lipinski definition) is 4. The van der Waals surface area contributed by atoms with Gasteiger partial charge >= 0.3 is 12.1 Å². The molecule has 1 aliphatic carbocycles. The molecule has 1 fully saturated rings. The summed E-state index contributed by atoms with van der Waals surface area (Å²) in [4.78, 5) is 22.4. The molecule has 0 aliphatic heterocycles. The zero-order valence-corrected chi connectivity index (χ0v) is 13.3. The number of carbonyl (C=O) groups is 2. The van der Waals surface area contributed by atoms with E-state index in [1.54, 1.807) is 11.8 Å². The predicted octanol–water partition coefficient (Wildman–Crippen LogP) is 3.03. The van der Waals surface area contributed by atoms with Crippen LogP contribution in [0.15, 0.2) is 0 Å². The number of aliphatic carboxylic acids is 1. The molecule has 1 rings (SSSR count). The van der Waals surface area contributed by atoms with Gasteiger partial charge in [0.05, 0.1) is 6.42 Å². The van der Waals surface area contributed by atoms with Crippen LogP contribution in [-0.4, -0.2) is 39.8 Å². The molecule has 1 aliphatic rings. The predicted molar refractivity (Wildman–Crippen MR) is 80.1 cm³/mol. The number of carboxylic acids is 1. The molecule has 1 amide bonds. The lowest BCUT2D eigenvalue weighted by molar-refractivity contribution is -0.136. The van der Waals surface area contributed by atoms with E-state index in [-0.39, 0.29) is 23.8 Å². The first-order chi connectivity index (χ1) is 9.28. The summed E-state index contributed by atoms with van der Waals surface area (Å²) < 4.78 is 5.28. The van der Waals surface area contributed by atoms with Gasteiger partial charge in [-0.05, 0) is 33.6 Å². The third kappa shape index (κ3) is 7.03. The average Bonchev–Trinajstić information content (AvgIpc) is 2.28. The molecule has 6 heteroatoms. The van der Waals surface area contributed by atoms with E-state index in [9.17, 15) is 9.59 Å². The van der Waals surface area contributed by atoms with Crippen LogP contribution in [0.1, 0.15) is 52.9 Å². The first kappa shape index (κ1) is 17.1. The SMILES string of the molecule is CC(C)(C)OC(=O)NC1CCCCC1SCCC(=O)O. The Morgan fingerprint density at radius 2 is 1.95 bits per heavy atom. The fraction of sp³-hybridized carbons (Fsp3) is 0.857. The van der Waals surface area contributed by atoms with E-state index in [0.29, 0.717) is 5.75 Å². The number of thioether (sulfide) groups is 1. The number of carbonyl (C=O) groups excluding carboxylic acids is 1. The quantitative estimate of drug-likeness (QED) is 0.816. The molecule has 0 aromatic rings. The Labute approximate surface area is 124 Å². The van der Waals surface area contributed by atoms with Gasteiger partial charge in [0.2, 0.25) is 0 Å². The maximum absolute atomic E-state index is 11.8. The van der Waals surface area contributed by atoms with E-state index in [1.807, 2.05) is 20.8 Å². The van der Waals surface area contributed by atoms with Crippen molar-refractivity contribution in [3.63, 3.8) is 0 Å². The smallest absolute Gasteiger partial charge is 0.407 e. The van der Waals surface area contributed by atoms with Crippen LogP contribution >= 0.6 is 11.8 Å². The molecule has 0 bridgehead atoms. The van der Waals surface area contributed by atoms with Crippen molar-refractivity contribution in [1.29, 1.82) is 0 Å². The highest BCUT2D eigenvalue weighted by atomic mass is 32.2. The largest absolute Gasteiger partial charge is 0.481 e. The van der Waals surface area contributed by atoms with Crippen LogP contribution < -0.4 is 5.32 Å². The second kappa shape index (κ2) is 7.76. The number of nitrogens with one attached hydrogen (secondary N) is 1. The van der Waals surface area contributed by atoms with Gasteiger partial charge in [-0.15, -0.1) is 0 Å². The third-order valence-electron chi connectivity index (χ3n) is 3.05. The Kier molecular flexibility index (Phi) is 6.65. The zero-order valence-electron chi connectivity index (χ0n) is 12.5. The topological polar surface area (TPSA) is 75.6 Å². The Morgan fingerprint density at radius 3 is 2.55 bits per heavy atom. The maximum Gasteiger partial charge on any atom is 0.407 e. The number of ether oxygens (including phenoxy) is 1. The second-order valence-electron chi connectivity index (χ2n) is 6.09. The van der Waals surface area contributed by atoms with Gasteiger partial charge in [0, 0.05) is 17.0 Å². The van der Waals surface area contributed by atoms with Crippen LogP contribution in [0.4, 0.5) is 4.79 Å². The van der Waals surface area contributed by atoms with Gasteiger partial charge in [0.25, 0.3) is 0 Å². The monoisotopic (exact) mass is 303 g/mol. The molecule has 0 heterocycles. The van der Waals surface area contributed by atoms with Crippen LogP contribution in [0.25, 0.3) is 0 Å². The van der Waals surface area contributed by atoms with E-state index < -0.39 is 11.6 Å². The minimum absolute atomic E-state index is 0.0809. The summed E-state index contributed by atoms with van der Waals surface area (Å²) in [5.41, 5.74) is -0.495. The van der Waals surface area contributed by atoms with Crippen molar-refractivity contribution >= 4 is 23.8 Å². The Morgan fingerprint density at radius 1 is 1.30 bits per heavy atom. The van der Waals surface area contributed by atoms with E-state index in [1.165, 1.54) is 0 Å². The second-order valence-corrected chi connectivity index (χ2v) is 7.44. The van der Waals surface area contributed by atoms with Crippen LogP contribution in [0.5, 0.6) is 0 Å². The number of amides is 1. The summed E-state index contributed by atoms with van der Waals surface area (Å²) in [6.45, 7) is 5.52. The summed E-state index contributed by atoms with van der Waals surface area (Å²) in [6, 6.07) is 0.0809. The number of alkyl carbamates (subject to hydrolysis) is 1. The highest BCUT2D eigenvalue weighted by Gasteiger charge is 2.28. The van der Waals surface area contributed by atoms with Gasteiger partial charge in [0.1, 0.15) is 5.60 Å². The molecule has 0 aromatic heterocycles. The molecular weight excluding hydrogens is 278 g/mol. The normalized spacial score (nSPS) is 23.1. The van der Waals surface area contributed by atoms with Gasteiger partial charge < -0.3 is 15.2 Å². The molecule has 0 radical (unpaired) electrons. The summed E-state index contributed by atoms with van der Waals surface area (Å²) in [7, 11) is 0. The summed E-state index contributed by atoms with van der Waals surface area (Å²) in [5.74, 6) is -0.183. The first-order valence-corrected chi connectivity index (χ1v) is 8.16. The van der Waals surface area contributed by atoms with Crippen LogP contribution in [-0.2, 0) is 9.53 Å². The molecule has 5 nitrogen and oxygen atoms in total. The van der Waals surface area contributed by atoms with Crippen LogP contribution in [0.2, 0.25) is 0 Å². The molecular formula is C14H25NO4S. The van der Waals surface area contributed by atoms with Crippen molar-refractivity contribution in [2.75, 3.05) is 5.75 Å². The fourth-order valence-electron chi connectivity index (χ4n) is 2.22. The molecule has 0 aromatic carbocycles. The molecule has 116 valence electrons. The highest BCUT2D eigenvalue weighted by molar-refractivity contribution is 7.99. The Hall–Kier alpha value is -0.910. The van der Waals surface area contributed by atoms with Gasteiger partial charge in [-0.2, -0.15) is 11.8 Å². The third-order valence-corrected chi connectivity index (χ3v) is 4.48. The van der Waals surface area contributed by atoms with Crippen molar-refractivity contribution in [3.05, 3.63) is 0 Å². The van der Waals surface area contributed by atoms with E-state index >= 15 is 0 Å². The summed E-state index contributed by atoms with van der Waals surface area (Å²) in [5, 5.41) is 11.9. The Balaban J connectivity index is 2.43. The Bertz CT molecular complexity index is 341. The minimum atomic E-state index is -0.773. The molecule has 2 unspecified atom stereocenters. The lowest BCUT2D eigenvalue weighted by Crippen LogP contribution is -2.45. The van der Waals surface area contributed by atoms with E-state index in [2.05, 4.69) is 5.32 Å². The molecule has 0 spiro atoms. The van der Waals surface area contributed by atoms with Crippen molar-refractivity contribution in [2.45, 2.75) is 69.8 Å². The van der Waals surface area contributed by atoms with E-state index in [4.69, 9.17) is 9.84 Å². The molecule has 1 saturated carbocycles. The van der Waals surface area contributed by atoms with Crippen molar-refractivity contribution in [1.82, 2.24) is 5.32 Å². The van der Waals surface area contributed by atoms with Crippen molar-refractivity contribution in [3.8, 4) is 0 Å². The summed E-state index contributed by atoms with van der Waals surface area (Å²) in [6.07, 6.45) is 3.97.